The Morgan fingerprint density at radius 2 is 1.90 bits per heavy atom. The number of benzene rings is 2. The van der Waals surface area contributed by atoms with Gasteiger partial charge in [0, 0.05) is 5.56 Å². The van der Waals surface area contributed by atoms with Gasteiger partial charge in [-0.25, -0.2) is 0 Å². The van der Waals surface area contributed by atoms with Gasteiger partial charge < -0.3 is 5.32 Å². The third-order valence-electron chi connectivity index (χ3n) is 3.86. The lowest BCUT2D eigenvalue weighted by Crippen LogP contribution is -2.19. The number of hydrogen-bond acceptors (Lipinski definition) is 2. The Morgan fingerprint density at radius 1 is 1.14 bits per heavy atom. The molecule has 3 rings (SSSR count). The maximum atomic E-state index is 12.1. The molecule has 0 unspecified atom stereocenters. The summed E-state index contributed by atoms with van der Waals surface area (Å²) in [5, 5.41) is 2.73. The van der Waals surface area contributed by atoms with Crippen molar-refractivity contribution in [1.82, 2.24) is 5.32 Å². The highest BCUT2D eigenvalue weighted by Gasteiger charge is 2.26. The van der Waals surface area contributed by atoms with Crippen LogP contribution in [0.4, 0.5) is 0 Å². The first-order chi connectivity index (χ1) is 10.1. The van der Waals surface area contributed by atoms with Gasteiger partial charge in [0.25, 0.3) is 5.91 Å². The highest BCUT2D eigenvalue weighted by molar-refractivity contribution is 7.80. The van der Waals surface area contributed by atoms with E-state index >= 15 is 0 Å². The van der Waals surface area contributed by atoms with Crippen LogP contribution in [0.2, 0.25) is 0 Å². The Labute approximate surface area is 130 Å². The largest absolute Gasteiger partial charge is 0.312 e. The van der Waals surface area contributed by atoms with E-state index in [0.717, 1.165) is 23.1 Å². The fourth-order valence-electron chi connectivity index (χ4n) is 2.72. The molecule has 2 aromatic carbocycles. The van der Waals surface area contributed by atoms with Gasteiger partial charge in [0.15, 0.2) is 0 Å². The lowest BCUT2D eigenvalue weighted by molar-refractivity contribution is 0.0983. The summed E-state index contributed by atoms with van der Waals surface area (Å²) in [6.45, 7) is 4.37. The third-order valence-corrected chi connectivity index (χ3v) is 4.18. The number of carbonyl (C=O) groups excluding carboxylic acids is 1. The maximum Gasteiger partial charge on any atom is 0.257 e. The van der Waals surface area contributed by atoms with Crippen molar-refractivity contribution in [3.8, 4) is 0 Å². The van der Waals surface area contributed by atoms with Crippen LogP contribution in [-0.4, -0.2) is 10.9 Å². The van der Waals surface area contributed by atoms with Gasteiger partial charge in [-0.05, 0) is 29.0 Å². The third kappa shape index (κ3) is 2.61. The Hall–Kier alpha value is -2.00. The lowest BCUT2D eigenvalue weighted by Gasteiger charge is -2.10. The summed E-state index contributed by atoms with van der Waals surface area (Å²) < 4.78 is 0. The molecule has 0 aliphatic carbocycles. The Bertz CT molecular complexity index is 734. The molecule has 0 bridgehead atoms. The van der Waals surface area contributed by atoms with Crippen LogP contribution >= 0.6 is 12.2 Å². The predicted octanol–water partition coefficient (Wildman–Crippen LogP) is 3.82. The summed E-state index contributed by atoms with van der Waals surface area (Å²) in [4.78, 5) is 12.6. The van der Waals surface area contributed by atoms with Crippen molar-refractivity contribution in [2.75, 3.05) is 0 Å². The van der Waals surface area contributed by atoms with E-state index in [4.69, 9.17) is 12.2 Å². The minimum absolute atomic E-state index is 0.0781. The molecule has 3 heteroatoms. The first kappa shape index (κ1) is 14.0. The second-order valence-electron chi connectivity index (χ2n) is 5.70. The van der Waals surface area contributed by atoms with Crippen molar-refractivity contribution in [3.05, 3.63) is 70.3 Å². The minimum atomic E-state index is -0.0781. The van der Waals surface area contributed by atoms with E-state index in [1.807, 2.05) is 18.2 Å². The second-order valence-corrected chi connectivity index (χ2v) is 6.11. The highest BCUT2D eigenvalue weighted by Crippen LogP contribution is 2.24. The van der Waals surface area contributed by atoms with Crippen LogP contribution in [0.15, 0.2) is 42.5 Å². The van der Waals surface area contributed by atoms with E-state index in [0.29, 0.717) is 10.9 Å². The van der Waals surface area contributed by atoms with Gasteiger partial charge in [-0.1, -0.05) is 68.5 Å². The van der Waals surface area contributed by atoms with Gasteiger partial charge in [-0.2, -0.15) is 0 Å². The molecule has 1 N–H and O–H groups in total. The summed E-state index contributed by atoms with van der Waals surface area (Å²) >= 11 is 5.20. The molecule has 0 saturated heterocycles. The quantitative estimate of drug-likeness (QED) is 0.872. The van der Waals surface area contributed by atoms with Crippen LogP contribution in [0, 0.1) is 0 Å². The zero-order valence-electron chi connectivity index (χ0n) is 12.1. The van der Waals surface area contributed by atoms with Crippen LogP contribution in [0.25, 0.3) is 0 Å². The van der Waals surface area contributed by atoms with E-state index in [1.54, 1.807) is 0 Å². The Morgan fingerprint density at radius 3 is 2.67 bits per heavy atom. The standard InChI is InChI=1S/C18H17NOS/c1-11(2)13-6-3-5-12(9-13)10-14-7-4-8-15-16(14)17(20)19-18(15)21/h3-9,11H,10H2,1-2H3,(H,19,20,21). The fourth-order valence-corrected chi connectivity index (χ4v) is 2.98. The van der Waals surface area contributed by atoms with Crippen molar-refractivity contribution in [2.45, 2.75) is 26.2 Å². The molecule has 0 saturated carbocycles. The lowest BCUT2D eigenvalue weighted by atomic mass is 9.94. The molecule has 0 aromatic heterocycles. The number of hydrogen-bond donors (Lipinski definition) is 1. The van der Waals surface area contributed by atoms with Gasteiger partial charge in [0.2, 0.25) is 0 Å². The summed E-state index contributed by atoms with van der Waals surface area (Å²) in [6.07, 6.45) is 0.750. The molecule has 1 amide bonds. The van der Waals surface area contributed by atoms with Gasteiger partial charge in [0.05, 0.1) is 5.56 Å². The zero-order valence-corrected chi connectivity index (χ0v) is 13.0. The number of amides is 1. The fraction of sp³-hybridized carbons (Fsp3) is 0.222. The number of fused-ring (bicyclic) bond motifs is 1. The predicted molar refractivity (Wildman–Crippen MR) is 88.9 cm³/mol. The van der Waals surface area contributed by atoms with E-state index in [2.05, 4.69) is 43.4 Å². The molecule has 1 heterocycles. The molecule has 2 nitrogen and oxygen atoms in total. The molecule has 0 fully saturated rings. The van der Waals surface area contributed by atoms with E-state index in [1.165, 1.54) is 11.1 Å². The average Bonchev–Trinajstić information content (AvgIpc) is 2.75. The molecular formula is C18H17NOS. The first-order valence-electron chi connectivity index (χ1n) is 7.12. The van der Waals surface area contributed by atoms with Crippen LogP contribution < -0.4 is 5.32 Å². The molecule has 106 valence electrons. The van der Waals surface area contributed by atoms with Crippen LogP contribution in [0.1, 0.15) is 52.4 Å². The second kappa shape index (κ2) is 5.41. The molecule has 0 spiro atoms. The topological polar surface area (TPSA) is 29.1 Å². The summed E-state index contributed by atoms with van der Waals surface area (Å²) in [6, 6.07) is 14.4. The maximum absolute atomic E-state index is 12.1. The normalized spacial score (nSPS) is 13.5. The summed E-state index contributed by atoms with van der Waals surface area (Å²) in [5.74, 6) is 0.424. The van der Waals surface area contributed by atoms with E-state index < -0.39 is 0 Å². The van der Waals surface area contributed by atoms with Crippen molar-refractivity contribution in [3.63, 3.8) is 0 Å². The zero-order chi connectivity index (χ0) is 15.0. The van der Waals surface area contributed by atoms with Crippen LogP contribution in [0.5, 0.6) is 0 Å². The van der Waals surface area contributed by atoms with Crippen LogP contribution in [-0.2, 0) is 6.42 Å². The van der Waals surface area contributed by atoms with Gasteiger partial charge in [-0.3, -0.25) is 4.79 Å². The van der Waals surface area contributed by atoms with Gasteiger partial charge in [-0.15, -0.1) is 0 Å². The molecule has 1 aliphatic heterocycles. The molecule has 0 radical (unpaired) electrons. The monoisotopic (exact) mass is 295 g/mol. The van der Waals surface area contributed by atoms with Gasteiger partial charge >= 0.3 is 0 Å². The van der Waals surface area contributed by atoms with Crippen LogP contribution in [0.3, 0.4) is 0 Å². The molecule has 2 aromatic rings. The molecule has 1 aliphatic rings. The van der Waals surface area contributed by atoms with Crippen molar-refractivity contribution in [1.29, 1.82) is 0 Å². The van der Waals surface area contributed by atoms with E-state index in [-0.39, 0.29) is 5.91 Å². The number of rotatable bonds is 3. The summed E-state index contributed by atoms with van der Waals surface area (Å²) in [5.41, 5.74) is 5.16. The number of nitrogens with one attached hydrogen (secondary N) is 1. The smallest absolute Gasteiger partial charge is 0.257 e. The SMILES string of the molecule is CC(C)c1cccc(Cc2cccc3c2C(=O)NC3=S)c1. The van der Waals surface area contributed by atoms with Crippen molar-refractivity contribution >= 4 is 23.1 Å². The molecule has 0 atom stereocenters. The summed E-state index contributed by atoms with van der Waals surface area (Å²) in [7, 11) is 0. The first-order valence-corrected chi connectivity index (χ1v) is 7.53. The number of thiocarbonyl (C=S) groups is 1. The van der Waals surface area contributed by atoms with Gasteiger partial charge in [0.1, 0.15) is 4.99 Å². The molecule has 21 heavy (non-hydrogen) atoms. The Kier molecular flexibility index (Phi) is 3.60. The van der Waals surface area contributed by atoms with Crippen molar-refractivity contribution in [2.24, 2.45) is 0 Å². The minimum Gasteiger partial charge on any atom is -0.312 e. The Balaban J connectivity index is 1.99. The highest BCUT2D eigenvalue weighted by atomic mass is 32.1. The van der Waals surface area contributed by atoms with Crippen molar-refractivity contribution < 1.29 is 4.79 Å². The number of carbonyl (C=O) groups is 1. The molecular weight excluding hydrogens is 278 g/mol. The average molecular weight is 295 g/mol. The van der Waals surface area contributed by atoms with E-state index in [9.17, 15) is 4.79 Å².